The van der Waals surface area contributed by atoms with Gasteiger partial charge in [-0.3, -0.25) is 0 Å². The van der Waals surface area contributed by atoms with Gasteiger partial charge in [0.2, 0.25) is 0 Å². The molecule has 0 amide bonds. The van der Waals surface area contributed by atoms with Gasteiger partial charge in [0.15, 0.2) is 0 Å². The SMILES string of the molecule is NC1CC1C=O. The van der Waals surface area contributed by atoms with Crippen LogP contribution in [0.4, 0.5) is 0 Å². The van der Waals surface area contributed by atoms with Gasteiger partial charge in [-0.2, -0.15) is 0 Å². The monoisotopic (exact) mass is 85.1 g/mol. The Hall–Kier alpha value is -0.370. The van der Waals surface area contributed by atoms with E-state index < -0.39 is 0 Å². The van der Waals surface area contributed by atoms with Gasteiger partial charge in [-0.25, -0.2) is 0 Å². The first kappa shape index (κ1) is 3.81. The van der Waals surface area contributed by atoms with E-state index in [-0.39, 0.29) is 12.0 Å². The molecule has 6 heavy (non-hydrogen) atoms. The first-order valence-corrected chi connectivity index (χ1v) is 2.05. The Labute approximate surface area is 36.3 Å². The second kappa shape index (κ2) is 1.05. The van der Waals surface area contributed by atoms with Crippen LogP contribution in [0.2, 0.25) is 0 Å². The first-order valence-electron chi connectivity index (χ1n) is 2.05. The van der Waals surface area contributed by atoms with Crippen molar-refractivity contribution in [1.82, 2.24) is 0 Å². The van der Waals surface area contributed by atoms with Crippen LogP contribution in [-0.4, -0.2) is 12.3 Å². The van der Waals surface area contributed by atoms with Crippen LogP contribution in [0.5, 0.6) is 0 Å². The third-order valence-corrected chi connectivity index (χ3v) is 1.07. The van der Waals surface area contributed by atoms with Crippen molar-refractivity contribution in [1.29, 1.82) is 0 Å². The zero-order valence-electron chi connectivity index (χ0n) is 3.42. The molecule has 0 aromatic heterocycles. The lowest BCUT2D eigenvalue weighted by Gasteiger charge is -1.69. The van der Waals surface area contributed by atoms with E-state index in [9.17, 15) is 4.79 Å². The van der Waals surface area contributed by atoms with Crippen molar-refractivity contribution in [3.63, 3.8) is 0 Å². The van der Waals surface area contributed by atoms with Gasteiger partial charge in [0.1, 0.15) is 6.29 Å². The summed E-state index contributed by atoms with van der Waals surface area (Å²) in [7, 11) is 0. The second-order valence-corrected chi connectivity index (χ2v) is 1.70. The summed E-state index contributed by atoms with van der Waals surface area (Å²) in [6, 6.07) is 0.197. The first-order chi connectivity index (χ1) is 2.84. The minimum Gasteiger partial charge on any atom is -0.327 e. The second-order valence-electron chi connectivity index (χ2n) is 1.70. The summed E-state index contributed by atoms with van der Waals surface area (Å²) in [5.74, 6) is 0.199. The molecule has 1 saturated carbocycles. The molecule has 2 atom stereocenters. The molecule has 0 heterocycles. The fourth-order valence-electron chi connectivity index (χ4n) is 0.392. The fourth-order valence-corrected chi connectivity index (χ4v) is 0.392. The van der Waals surface area contributed by atoms with E-state index in [2.05, 4.69) is 0 Å². The van der Waals surface area contributed by atoms with Gasteiger partial charge >= 0.3 is 0 Å². The van der Waals surface area contributed by atoms with E-state index in [4.69, 9.17) is 5.73 Å². The normalized spacial score (nSPS) is 42.2. The molecule has 2 N–H and O–H groups in total. The molecular formula is C4H7NO. The number of rotatable bonds is 1. The molecule has 0 bridgehead atoms. The van der Waals surface area contributed by atoms with Crippen molar-refractivity contribution in [3.8, 4) is 0 Å². The third-order valence-electron chi connectivity index (χ3n) is 1.07. The molecule has 1 aliphatic rings. The van der Waals surface area contributed by atoms with Crippen molar-refractivity contribution < 1.29 is 4.79 Å². The van der Waals surface area contributed by atoms with E-state index in [1.165, 1.54) is 0 Å². The lowest BCUT2D eigenvalue weighted by Crippen LogP contribution is -2.01. The van der Waals surface area contributed by atoms with E-state index in [1.807, 2.05) is 0 Å². The van der Waals surface area contributed by atoms with Crippen LogP contribution in [0.3, 0.4) is 0 Å². The highest BCUT2D eigenvalue weighted by Crippen LogP contribution is 2.24. The molecule has 2 unspecified atom stereocenters. The molecule has 34 valence electrons. The van der Waals surface area contributed by atoms with Gasteiger partial charge < -0.3 is 10.5 Å². The van der Waals surface area contributed by atoms with Crippen molar-refractivity contribution in [2.45, 2.75) is 12.5 Å². The molecule has 1 aliphatic carbocycles. The Kier molecular flexibility index (Phi) is 0.665. The lowest BCUT2D eigenvalue weighted by atomic mass is 10.5. The van der Waals surface area contributed by atoms with Crippen LogP contribution in [0, 0.1) is 5.92 Å². The van der Waals surface area contributed by atoms with E-state index in [0.29, 0.717) is 0 Å². The highest BCUT2D eigenvalue weighted by molar-refractivity contribution is 5.59. The summed E-state index contributed by atoms with van der Waals surface area (Å²) in [6.45, 7) is 0. The van der Waals surface area contributed by atoms with E-state index in [0.717, 1.165) is 12.7 Å². The number of carbonyl (C=O) groups excluding carboxylic acids is 1. The Bertz CT molecular complexity index is 71.9. The number of hydrogen-bond donors (Lipinski definition) is 1. The maximum absolute atomic E-state index is 9.70. The highest BCUT2D eigenvalue weighted by Gasteiger charge is 2.32. The molecule has 0 saturated heterocycles. The Morgan fingerprint density at radius 2 is 2.33 bits per heavy atom. The maximum Gasteiger partial charge on any atom is 0.124 e. The van der Waals surface area contributed by atoms with E-state index in [1.54, 1.807) is 0 Å². The topological polar surface area (TPSA) is 43.1 Å². The predicted octanol–water partition coefficient (Wildman–Crippen LogP) is -0.468. The molecular weight excluding hydrogens is 78.0 g/mol. The number of aldehydes is 1. The average molecular weight is 85.1 g/mol. The van der Waals surface area contributed by atoms with Crippen molar-refractivity contribution >= 4 is 6.29 Å². The smallest absolute Gasteiger partial charge is 0.124 e. The van der Waals surface area contributed by atoms with Crippen LogP contribution < -0.4 is 5.73 Å². The molecule has 0 spiro atoms. The number of hydrogen-bond acceptors (Lipinski definition) is 2. The molecule has 0 aromatic rings. The van der Waals surface area contributed by atoms with Crippen LogP contribution in [0.1, 0.15) is 6.42 Å². The lowest BCUT2D eigenvalue weighted by molar-refractivity contribution is -0.108. The fraction of sp³-hybridized carbons (Fsp3) is 0.750. The minimum atomic E-state index is 0.197. The molecule has 2 nitrogen and oxygen atoms in total. The van der Waals surface area contributed by atoms with Gasteiger partial charge in [0.05, 0.1) is 0 Å². The van der Waals surface area contributed by atoms with E-state index >= 15 is 0 Å². The van der Waals surface area contributed by atoms with Crippen LogP contribution in [0.25, 0.3) is 0 Å². The van der Waals surface area contributed by atoms with Crippen LogP contribution >= 0.6 is 0 Å². The van der Waals surface area contributed by atoms with Gasteiger partial charge in [-0.05, 0) is 6.42 Å². The predicted molar refractivity (Wildman–Crippen MR) is 22.1 cm³/mol. The Morgan fingerprint density at radius 1 is 1.83 bits per heavy atom. The van der Waals surface area contributed by atoms with Gasteiger partial charge in [-0.15, -0.1) is 0 Å². The summed E-state index contributed by atoms with van der Waals surface area (Å²) >= 11 is 0. The zero-order chi connectivity index (χ0) is 4.57. The summed E-state index contributed by atoms with van der Waals surface area (Å²) in [6.07, 6.45) is 1.83. The number of nitrogens with two attached hydrogens (primary N) is 1. The van der Waals surface area contributed by atoms with Crippen molar-refractivity contribution in [2.24, 2.45) is 11.7 Å². The molecule has 0 aliphatic heterocycles. The van der Waals surface area contributed by atoms with Gasteiger partial charge in [0, 0.05) is 12.0 Å². The van der Waals surface area contributed by atoms with Gasteiger partial charge in [-0.1, -0.05) is 0 Å². The highest BCUT2D eigenvalue weighted by atomic mass is 16.1. The van der Waals surface area contributed by atoms with Crippen molar-refractivity contribution in [3.05, 3.63) is 0 Å². The summed E-state index contributed by atoms with van der Waals surface area (Å²) in [5.41, 5.74) is 5.25. The Balaban J connectivity index is 2.25. The quantitative estimate of drug-likeness (QED) is 0.437. The van der Waals surface area contributed by atoms with Gasteiger partial charge in [0.25, 0.3) is 0 Å². The number of carbonyl (C=O) groups is 1. The summed E-state index contributed by atoms with van der Waals surface area (Å²) < 4.78 is 0. The molecule has 1 fully saturated rings. The van der Waals surface area contributed by atoms with Crippen LogP contribution in [0.15, 0.2) is 0 Å². The maximum atomic E-state index is 9.70. The third kappa shape index (κ3) is 0.431. The van der Waals surface area contributed by atoms with Crippen molar-refractivity contribution in [2.75, 3.05) is 0 Å². The summed E-state index contributed by atoms with van der Waals surface area (Å²) in [5, 5.41) is 0. The average Bonchev–Trinajstić information content (AvgIpc) is 2.19. The molecule has 0 aromatic carbocycles. The minimum absolute atomic E-state index is 0.197. The molecule has 2 heteroatoms. The zero-order valence-corrected chi connectivity index (χ0v) is 3.42. The largest absolute Gasteiger partial charge is 0.327 e. The molecule has 0 radical (unpaired) electrons. The Morgan fingerprint density at radius 3 is 2.33 bits per heavy atom. The molecule has 1 rings (SSSR count). The standard InChI is InChI=1S/C4H7NO/c5-4-1-3(4)2-6/h2-4H,1,5H2. The summed E-state index contributed by atoms with van der Waals surface area (Å²) in [4.78, 5) is 9.70. The van der Waals surface area contributed by atoms with Crippen LogP contribution in [-0.2, 0) is 4.79 Å².